The minimum Gasteiger partial charge on any atom is -0.309 e. The van der Waals surface area contributed by atoms with E-state index in [1.807, 2.05) is 0 Å². The van der Waals surface area contributed by atoms with Gasteiger partial charge in [-0.3, -0.25) is 8.97 Å². The number of aromatic nitrogens is 5. The highest BCUT2D eigenvalue weighted by Crippen LogP contribution is 2.41. The Morgan fingerprint density at radius 1 is 0.268 bits per heavy atom. The quantitative estimate of drug-likeness (QED) is 0.168. The summed E-state index contributed by atoms with van der Waals surface area (Å²) in [6.07, 6.45) is 0. The van der Waals surface area contributed by atoms with E-state index in [4.69, 9.17) is 4.98 Å². The van der Waals surface area contributed by atoms with Gasteiger partial charge in [0.15, 0.2) is 5.65 Å². The van der Waals surface area contributed by atoms with E-state index < -0.39 is 0 Å². The molecule has 13 aromatic rings. The van der Waals surface area contributed by atoms with Crippen LogP contribution in [0.15, 0.2) is 188 Å². The van der Waals surface area contributed by atoms with Crippen molar-refractivity contribution in [3.63, 3.8) is 0 Å². The third-order valence-corrected chi connectivity index (χ3v) is 11.9. The van der Waals surface area contributed by atoms with Gasteiger partial charge < -0.3 is 9.13 Å². The first-order chi connectivity index (χ1) is 27.8. The Bertz CT molecular complexity index is 3540. The van der Waals surface area contributed by atoms with E-state index in [1.54, 1.807) is 0 Å². The van der Waals surface area contributed by atoms with Crippen molar-refractivity contribution >= 4 is 93.0 Å². The van der Waals surface area contributed by atoms with Gasteiger partial charge in [-0.2, -0.15) is 0 Å². The van der Waals surface area contributed by atoms with Crippen LogP contribution in [0.5, 0.6) is 0 Å². The number of hydrogen-bond acceptors (Lipinski definition) is 1. The fourth-order valence-electron chi connectivity index (χ4n) is 9.64. The molecule has 56 heavy (non-hydrogen) atoms. The minimum atomic E-state index is 0.931. The van der Waals surface area contributed by atoms with Crippen LogP contribution < -0.4 is 0 Å². The average molecular weight is 714 g/mol. The van der Waals surface area contributed by atoms with Crippen LogP contribution in [-0.4, -0.2) is 23.1 Å². The molecule has 0 amide bonds. The first kappa shape index (κ1) is 29.8. The van der Waals surface area contributed by atoms with Gasteiger partial charge in [0, 0.05) is 37.7 Å². The lowest BCUT2D eigenvalue weighted by Gasteiger charge is -2.17. The minimum absolute atomic E-state index is 0.931. The van der Waals surface area contributed by atoms with Crippen molar-refractivity contribution in [2.45, 2.75) is 0 Å². The molecule has 0 N–H and O–H groups in total. The van der Waals surface area contributed by atoms with E-state index in [2.05, 4.69) is 206 Å². The van der Waals surface area contributed by atoms with Crippen molar-refractivity contribution in [3.8, 4) is 17.1 Å². The molecule has 5 heteroatoms. The monoisotopic (exact) mass is 713 g/mol. The van der Waals surface area contributed by atoms with Gasteiger partial charge in [-0.25, -0.2) is 4.98 Å². The lowest BCUT2D eigenvalue weighted by molar-refractivity contribution is 1.09. The van der Waals surface area contributed by atoms with Gasteiger partial charge in [0.05, 0.1) is 50.2 Å². The fourth-order valence-corrected chi connectivity index (χ4v) is 9.64. The van der Waals surface area contributed by atoms with Crippen LogP contribution >= 0.6 is 0 Å². The van der Waals surface area contributed by atoms with Crippen molar-refractivity contribution in [1.82, 2.24) is 23.1 Å². The van der Waals surface area contributed by atoms with Crippen LogP contribution in [0.4, 0.5) is 0 Å². The number of imidazole rings is 1. The molecule has 5 nitrogen and oxygen atoms in total. The third-order valence-electron chi connectivity index (χ3n) is 11.9. The highest BCUT2D eigenvalue weighted by atomic mass is 15.1. The van der Waals surface area contributed by atoms with Crippen molar-refractivity contribution in [2.75, 3.05) is 0 Å². The Hall–Kier alpha value is -7.63. The summed E-state index contributed by atoms with van der Waals surface area (Å²) in [5, 5.41) is 9.67. The zero-order chi connectivity index (χ0) is 36.5. The van der Waals surface area contributed by atoms with Crippen molar-refractivity contribution in [2.24, 2.45) is 0 Å². The lowest BCUT2D eigenvalue weighted by Crippen LogP contribution is -2.03. The van der Waals surface area contributed by atoms with E-state index in [0.29, 0.717) is 0 Å². The smallest absolute Gasteiger partial charge is 0.165 e. The van der Waals surface area contributed by atoms with Crippen LogP contribution in [0, 0.1) is 0 Å². The predicted octanol–water partition coefficient (Wildman–Crippen LogP) is 12.9. The van der Waals surface area contributed by atoms with E-state index in [1.165, 1.54) is 54.4 Å². The summed E-state index contributed by atoms with van der Waals surface area (Å²) < 4.78 is 9.63. The molecule has 0 unspecified atom stereocenters. The molecule has 0 radical (unpaired) electrons. The Morgan fingerprint density at radius 3 is 1.05 bits per heavy atom. The Morgan fingerprint density at radius 2 is 0.589 bits per heavy atom. The van der Waals surface area contributed by atoms with Crippen molar-refractivity contribution < 1.29 is 0 Å². The molecule has 0 aliphatic rings. The standard InChI is InChI=1S/C51H31N5/c1-2-21-41-35(15-1)36-16-3-13-27-47(36)56-49-42-22-8-14-28-48(42)55(51(49)52-50(41)56)34-30-32(53-43-23-9-4-17-37(43)38-18-5-10-24-44(38)53)29-33(31-34)54-45-25-11-6-19-39(45)40-20-7-12-26-46(40)54/h1-31H. The Labute approximate surface area is 320 Å². The summed E-state index contributed by atoms with van der Waals surface area (Å²) in [6.45, 7) is 0. The summed E-state index contributed by atoms with van der Waals surface area (Å²) in [7, 11) is 0. The fraction of sp³-hybridized carbons (Fsp3) is 0. The summed E-state index contributed by atoms with van der Waals surface area (Å²) in [5.41, 5.74) is 13.2. The summed E-state index contributed by atoms with van der Waals surface area (Å²) in [6, 6.07) is 68.2. The average Bonchev–Trinajstić information content (AvgIpc) is 4.00. The van der Waals surface area contributed by atoms with E-state index >= 15 is 0 Å². The molecular weight excluding hydrogens is 683 g/mol. The molecule has 13 rings (SSSR count). The van der Waals surface area contributed by atoms with Gasteiger partial charge in [-0.05, 0) is 60.0 Å². The van der Waals surface area contributed by atoms with Gasteiger partial charge in [-0.1, -0.05) is 133 Å². The second kappa shape index (κ2) is 11.0. The lowest BCUT2D eigenvalue weighted by atomic mass is 10.1. The van der Waals surface area contributed by atoms with Gasteiger partial charge in [0.25, 0.3) is 0 Å². The van der Waals surface area contributed by atoms with Crippen LogP contribution in [-0.2, 0) is 0 Å². The van der Waals surface area contributed by atoms with Gasteiger partial charge >= 0.3 is 0 Å². The molecule has 0 spiro atoms. The SMILES string of the molecule is c1ccc2c(c1)c1ccccc1n1c2nc2c1c1ccccc1n2-c1cc(-n2c3ccccc3c3ccccc32)cc(-n2c3ccccc3c3ccccc32)c1. The maximum Gasteiger partial charge on any atom is 0.165 e. The predicted molar refractivity (Wildman–Crippen MR) is 233 cm³/mol. The molecule has 8 aromatic carbocycles. The van der Waals surface area contributed by atoms with E-state index in [-0.39, 0.29) is 0 Å². The van der Waals surface area contributed by atoms with Crippen LogP contribution in [0.1, 0.15) is 0 Å². The zero-order valence-electron chi connectivity index (χ0n) is 30.1. The number of para-hydroxylation sites is 6. The number of nitrogens with zero attached hydrogens (tertiary/aromatic N) is 5. The highest BCUT2D eigenvalue weighted by molar-refractivity contribution is 6.17. The summed E-state index contributed by atoms with van der Waals surface area (Å²) in [5.74, 6) is 0. The summed E-state index contributed by atoms with van der Waals surface area (Å²) in [4.78, 5) is 5.60. The zero-order valence-corrected chi connectivity index (χ0v) is 30.1. The maximum absolute atomic E-state index is 5.60. The molecule has 0 bridgehead atoms. The van der Waals surface area contributed by atoms with Gasteiger partial charge in [-0.15, -0.1) is 0 Å². The molecule has 0 atom stereocenters. The third kappa shape index (κ3) is 3.85. The molecule has 5 aromatic heterocycles. The highest BCUT2D eigenvalue weighted by Gasteiger charge is 2.23. The Balaban J connectivity index is 1.22. The van der Waals surface area contributed by atoms with Crippen LogP contribution in [0.2, 0.25) is 0 Å². The molecule has 5 heterocycles. The molecule has 0 aliphatic heterocycles. The normalized spacial score (nSPS) is 12.3. The molecule has 0 saturated heterocycles. The number of hydrogen-bond donors (Lipinski definition) is 0. The number of pyridine rings is 1. The molecule has 260 valence electrons. The second-order valence-electron chi connectivity index (χ2n) is 14.8. The Kier molecular flexibility index (Phi) is 5.83. The van der Waals surface area contributed by atoms with Gasteiger partial charge in [0.2, 0.25) is 0 Å². The van der Waals surface area contributed by atoms with E-state index in [9.17, 15) is 0 Å². The van der Waals surface area contributed by atoms with Crippen LogP contribution in [0.25, 0.3) is 110 Å². The molecular formula is C51H31N5. The van der Waals surface area contributed by atoms with Crippen molar-refractivity contribution in [3.05, 3.63) is 188 Å². The topological polar surface area (TPSA) is 32.1 Å². The first-order valence-electron chi connectivity index (χ1n) is 19.2. The number of fused-ring (bicyclic) bond motifs is 16. The maximum atomic E-state index is 5.60. The number of rotatable bonds is 3. The van der Waals surface area contributed by atoms with Crippen LogP contribution in [0.3, 0.4) is 0 Å². The molecule has 0 fully saturated rings. The second-order valence-corrected chi connectivity index (χ2v) is 14.8. The first-order valence-corrected chi connectivity index (χ1v) is 19.2. The summed E-state index contributed by atoms with van der Waals surface area (Å²) >= 11 is 0. The van der Waals surface area contributed by atoms with Crippen molar-refractivity contribution in [1.29, 1.82) is 0 Å². The molecule has 0 aliphatic carbocycles. The number of benzene rings is 8. The largest absolute Gasteiger partial charge is 0.309 e. The molecule has 0 saturated carbocycles. The van der Waals surface area contributed by atoms with Gasteiger partial charge in [0.1, 0.15) is 11.2 Å². The van der Waals surface area contributed by atoms with E-state index in [0.717, 1.165) is 55.7 Å².